The second kappa shape index (κ2) is 8.57. The standard InChI is InChI=1S/C20H12ClN5OS2/c21-14-5-6-15-16(7-8-23-17(15)9-14)18(27)24-19-25-26-20(29-19)28-11-13-3-1-12(10-22)2-4-13/h1-9H,11H2,(H,24,25,27). The maximum atomic E-state index is 12.7. The maximum Gasteiger partial charge on any atom is 0.258 e. The van der Waals surface area contributed by atoms with Gasteiger partial charge in [0.15, 0.2) is 4.34 Å². The number of halogens is 1. The lowest BCUT2D eigenvalue weighted by Gasteiger charge is -2.05. The second-order valence-corrected chi connectivity index (χ2v) is 8.58. The number of carbonyl (C=O) groups excluding carboxylic acids is 1. The average Bonchev–Trinajstić information content (AvgIpc) is 3.19. The van der Waals surface area contributed by atoms with Crippen LogP contribution in [0.5, 0.6) is 0 Å². The summed E-state index contributed by atoms with van der Waals surface area (Å²) in [6.07, 6.45) is 1.58. The Morgan fingerprint density at radius 1 is 1.17 bits per heavy atom. The topological polar surface area (TPSA) is 91.6 Å². The minimum Gasteiger partial charge on any atom is -0.296 e. The summed E-state index contributed by atoms with van der Waals surface area (Å²) < 4.78 is 0.746. The number of rotatable bonds is 5. The molecular formula is C20H12ClN5OS2. The minimum atomic E-state index is -0.278. The third kappa shape index (κ3) is 4.54. The molecule has 0 aliphatic heterocycles. The van der Waals surface area contributed by atoms with Gasteiger partial charge in [0, 0.05) is 22.4 Å². The summed E-state index contributed by atoms with van der Waals surface area (Å²) in [6, 6.07) is 16.4. The van der Waals surface area contributed by atoms with Crippen molar-refractivity contribution >= 4 is 56.6 Å². The predicted octanol–water partition coefficient (Wildman–Crippen LogP) is 5.16. The van der Waals surface area contributed by atoms with Gasteiger partial charge in [-0.25, -0.2) is 0 Å². The molecule has 0 bridgehead atoms. The fraction of sp³-hybridized carbons (Fsp3) is 0.0500. The Labute approximate surface area is 179 Å². The van der Waals surface area contributed by atoms with Crippen LogP contribution in [-0.2, 0) is 5.75 Å². The van der Waals surface area contributed by atoms with Crippen molar-refractivity contribution < 1.29 is 4.79 Å². The lowest BCUT2D eigenvalue weighted by Crippen LogP contribution is -2.12. The van der Waals surface area contributed by atoms with E-state index in [9.17, 15) is 4.79 Å². The zero-order valence-corrected chi connectivity index (χ0v) is 17.2. The van der Waals surface area contributed by atoms with Gasteiger partial charge in [-0.3, -0.25) is 15.1 Å². The number of pyridine rings is 1. The molecule has 2 aromatic carbocycles. The van der Waals surface area contributed by atoms with Crippen molar-refractivity contribution in [2.24, 2.45) is 0 Å². The van der Waals surface area contributed by atoms with E-state index in [0.717, 1.165) is 9.90 Å². The first kappa shape index (κ1) is 19.3. The fourth-order valence-electron chi connectivity index (χ4n) is 2.62. The highest BCUT2D eigenvalue weighted by Gasteiger charge is 2.14. The van der Waals surface area contributed by atoms with E-state index in [1.165, 1.54) is 23.1 Å². The quantitative estimate of drug-likeness (QED) is 0.342. The molecule has 4 aromatic rings. The van der Waals surface area contributed by atoms with E-state index in [-0.39, 0.29) is 5.91 Å². The van der Waals surface area contributed by atoms with Crippen LogP contribution < -0.4 is 5.32 Å². The molecule has 0 spiro atoms. The van der Waals surface area contributed by atoms with Gasteiger partial charge in [0.25, 0.3) is 5.91 Å². The summed E-state index contributed by atoms with van der Waals surface area (Å²) >= 11 is 8.83. The number of aromatic nitrogens is 3. The molecular weight excluding hydrogens is 426 g/mol. The van der Waals surface area contributed by atoms with Crippen LogP contribution in [0.1, 0.15) is 21.5 Å². The van der Waals surface area contributed by atoms with E-state index in [1.807, 2.05) is 12.1 Å². The number of benzene rings is 2. The van der Waals surface area contributed by atoms with Crippen LogP contribution in [0, 0.1) is 11.3 Å². The lowest BCUT2D eigenvalue weighted by molar-refractivity contribution is 0.102. The van der Waals surface area contributed by atoms with Crippen molar-refractivity contribution in [3.05, 3.63) is 76.4 Å². The molecule has 142 valence electrons. The van der Waals surface area contributed by atoms with E-state index in [2.05, 4.69) is 26.6 Å². The Hall–Kier alpha value is -2.99. The number of hydrogen-bond acceptors (Lipinski definition) is 7. The Morgan fingerprint density at radius 3 is 2.79 bits per heavy atom. The number of nitriles is 1. The number of carbonyl (C=O) groups is 1. The van der Waals surface area contributed by atoms with Gasteiger partial charge in [0.2, 0.25) is 5.13 Å². The molecule has 0 radical (unpaired) electrons. The molecule has 29 heavy (non-hydrogen) atoms. The minimum absolute atomic E-state index is 0.278. The monoisotopic (exact) mass is 437 g/mol. The predicted molar refractivity (Wildman–Crippen MR) is 115 cm³/mol. The number of nitrogens with one attached hydrogen (secondary N) is 1. The number of thioether (sulfide) groups is 1. The van der Waals surface area contributed by atoms with Crippen LogP contribution in [0.4, 0.5) is 5.13 Å². The molecule has 0 aliphatic carbocycles. The highest BCUT2D eigenvalue weighted by atomic mass is 35.5. The summed E-state index contributed by atoms with van der Waals surface area (Å²) in [5, 5.41) is 21.5. The average molecular weight is 438 g/mol. The number of amides is 1. The number of hydrogen-bond donors (Lipinski definition) is 1. The number of fused-ring (bicyclic) bond motifs is 1. The fourth-order valence-corrected chi connectivity index (χ4v) is 4.49. The molecule has 0 saturated carbocycles. The van der Waals surface area contributed by atoms with E-state index >= 15 is 0 Å². The molecule has 9 heteroatoms. The first-order valence-corrected chi connectivity index (χ1v) is 10.6. The molecule has 0 saturated heterocycles. The van der Waals surface area contributed by atoms with Gasteiger partial charge in [-0.15, -0.1) is 10.2 Å². The summed E-state index contributed by atoms with van der Waals surface area (Å²) in [7, 11) is 0. The first-order valence-electron chi connectivity index (χ1n) is 8.43. The van der Waals surface area contributed by atoms with E-state index in [0.29, 0.717) is 37.9 Å². The molecule has 1 N–H and O–H groups in total. The van der Waals surface area contributed by atoms with Crippen LogP contribution in [0.2, 0.25) is 5.02 Å². The van der Waals surface area contributed by atoms with Gasteiger partial charge in [0.1, 0.15) is 0 Å². The van der Waals surface area contributed by atoms with Crippen LogP contribution in [-0.4, -0.2) is 21.1 Å². The smallest absolute Gasteiger partial charge is 0.258 e. The summed E-state index contributed by atoms with van der Waals surface area (Å²) in [5.41, 5.74) is 2.86. The van der Waals surface area contributed by atoms with Crippen molar-refractivity contribution in [3.63, 3.8) is 0 Å². The van der Waals surface area contributed by atoms with Gasteiger partial charge in [-0.1, -0.05) is 52.9 Å². The molecule has 1 amide bonds. The Kier molecular flexibility index (Phi) is 5.71. The van der Waals surface area contributed by atoms with Gasteiger partial charge in [-0.05, 0) is 35.9 Å². The zero-order valence-electron chi connectivity index (χ0n) is 14.8. The van der Waals surface area contributed by atoms with Gasteiger partial charge in [-0.2, -0.15) is 5.26 Å². The Morgan fingerprint density at radius 2 is 2.00 bits per heavy atom. The third-order valence-electron chi connectivity index (χ3n) is 4.02. The number of nitrogens with zero attached hydrogens (tertiary/aromatic N) is 4. The third-order valence-corrected chi connectivity index (χ3v) is 6.30. The van der Waals surface area contributed by atoms with Crippen LogP contribution in [0.3, 0.4) is 0 Å². The largest absolute Gasteiger partial charge is 0.296 e. The molecule has 0 fully saturated rings. The first-order chi connectivity index (χ1) is 14.1. The molecule has 2 aromatic heterocycles. The molecule has 2 heterocycles. The van der Waals surface area contributed by atoms with Crippen LogP contribution >= 0.6 is 34.7 Å². The lowest BCUT2D eigenvalue weighted by atomic mass is 10.1. The summed E-state index contributed by atoms with van der Waals surface area (Å²) in [4.78, 5) is 16.9. The van der Waals surface area contributed by atoms with Crippen molar-refractivity contribution in [1.29, 1.82) is 5.26 Å². The SMILES string of the molecule is N#Cc1ccc(CSc2nnc(NC(=O)c3ccnc4cc(Cl)ccc34)s2)cc1. The normalized spacial score (nSPS) is 10.6. The van der Waals surface area contributed by atoms with Crippen molar-refractivity contribution in [3.8, 4) is 6.07 Å². The molecule has 4 rings (SSSR count). The van der Waals surface area contributed by atoms with Crippen molar-refractivity contribution in [2.45, 2.75) is 10.1 Å². The Balaban J connectivity index is 1.43. The van der Waals surface area contributed by atoms with Crippen LogP contribution in [0.15, 0.2) is 59.1 Å². The van der Waals surface area contributed by atoms with E-state index in [4.69, 9.17) is 16.9 Å². The van der Waals surface area contributed by atoms with Crippen LogP contribution in [0.25, 0.3) is 10.9 Å². The maximum absolute atomic E-state index is 12.7. The van der Waals surface area contributed by atoms with Gasteiger partial charge >= 0.3 is 0 Å². The summed E-state index contributed by atoms with van der Waals surface area (Å²) in [5.74, 6) is 0.420. The molecule has 0 atom stereocenters. The van der Waals surface area contributed by atoms with Crippen molar-refractivity contribution in [1.82, 2.24) is 15.2 Å². The summed E-state index contributed by atoms with van der Waals surface area (Å²) in [6.45, 7) is 0. The van der Waals surface area contributed by atoms with E-state index in [1.54, 1.807) is 42.6 Å². The highest BCUT2D eigenvalue weighted by molar-refractivity contribution is 8.00. The second-order valence-electron chi connectivity index (χ2n) is 5.94. The molecule has 6 nitrogen and oxygen atoms in total. The molecule has 0 unspecified atom stereocenters. The Bertz CT molecular complexity index is 1230. The van der Waals surface area contributed by atoms with E-state index < -0.39 is 0 Å². The van der Waals surface area contributed by atoms with Crippen molar-refractivity contribution in [2.75, 3.05) is 5.32 Å². The van der Waals surface area contributed by atoms with Gasteiger partial charge in [0.05, 0.1) is 22.7 Å². The highest BCUT2D eigenvalue weighted by Crippen LogP contribution is 2.29. The molecule has 0 aliphatic rings. The zero-order chi connectivity index (χ0) is 20.2. The number of anilines is 1. The van der Waals surface area contributed by atoms with Gasteiger partial charge < -0.3 is 0 Å².